The number of hydrogen-bond acceptors (Lipinski definition) is 2. The molecule has 1 heterocycles. The summed E-state index contributed by atoms with van der Waals surface area (Å²) in [7, 11) is -0.285. The van der Waals surface area contributed by atoms with Gasteiger partial charge in [-0.3, -0.25) is 0 Å². The van der Waals surface area contributed by atoms with Crippen LogP contribution < -0.4 is 5.46 Å². The van der Waals surface area contributed by atoms with Crippen LogP contribution in [0, 0.1) is 6.92 Å². The molecule has 0 spiro atoms. The van der Waals surface area contributed by atoms with Crippen LogP contribution in [0.25, 0.3) is 0 Å². The molecule has 2 rings (SSSR count). The molecule has 0 saturated carbocycles. The molecule has 0 bridgehead atoms. The van der Waals surface area contributed by atoms with Crippen molar-refractivity contribution < 1.29 is 9.31 Å². The van der Waals surface area contributed by atoms with Gasteiger partial charge in [0.1, 0.15) is 0 Å². The molecule has 3 heteroatoms. The Morgan fingerprint density at radius 2 is 1.62 bits per heavy atom. The maximum Gasteiger partial charge on any atom is 0.494 e. The van der Waals surface area contributed by atoms with Gasteiger partial charge in [0, 0.05) is 0 Å². The highest BCUT2D eigenvalue weighted by Crippen LogP contribution is 2.36. The smallest absolute Gasteiger partial charge is 0.399 e. The first-order valence-electron chi connectivity index (χ1n) is 5.59. The van der Waals surface area contributed by atoms with Gasteiger partial charge in [-0.1, -0.05) is 24.3 Å². The molecule has 0 aliphatic carbocycles. The van der Waals surface area contributed by atoms with Crippen LogP contribution in [0.3, 0.4) is 0 Å². The molecule has 16 heavy (non-hydrogen) atoms. The van der Waals surface area contributed by atoms with E-state index in [0.717, 1.165) is 11.0 Å². The topological polar surface area (TPSA) is 18.5 Å². The molecule has 1 aromatic rings. The zero-order chi connectivity index (χ0) is 12.0. The van der Waals surface area contributed by atoms with Crippen LogP contribution in [0.1, 0.15) is 33.3 Å². The summed E-state index contributed by atoms with van der Waals surface area (Å²) < 4.78 is 11.9. The summed E-state index contributed by atoms with van der Waals surface area (Å²) in [5.74, 6) is 0. The van der Waals surface area contributed by atoms with Crippen molar-refractivity contribution in [2.75, 3.05) is 0 Å². The Kier molecular flexibility index (Phi) is 2.63. The maximum absolute atomic E-state index is 5.96. The van der Waals surface area contributed by atoms with Crippen molar-refractivity contribution in [1.82, 2.24) is 0 Å². The first kappa shape index (κ1) is 11.7. The molecule has 1 saturated heterocycles. The Bertz CT molecular complexity index is 383. The van der Waals surface area contributed by atoms with Crippen molar-refractivity contribution in [3.05, 3.63) is 36.8 Å². The molecule has 2 nitrogen and oxygen atoms in total. The summed E-state index contributed by atoms with van der Waals surface area (Å²) >= 11 is 0. The van der Waals surface area contributed by atoms with Gasteiger partial charge >= 0.3 is 7.12 Å². The molecule has 1 aromatic carbocycles. The average molecular weight is 217 g/mol. The van der Waals surface area contributed by atoms with Gasteiger partial charge in [-0.2, -0.15) is 0 Å². The molecule has 0 N–H and O–H groups in total. The standard InChI is InChI=1S/C13H18BO2/c1-10-7-6-8-11(9-10)14-15-12(2,3)13(4,5)16-14/h6-9H,1H2,2-5H3. The van der Waals surface area contributed by atoms with Gasteiger partial charge in [-0.15, -0.1) is 0 Å². The van der Waals surface area contributed by atoms with Gasteiger partial charge in [0.2, 0.25) is 0 Å². The Labute approximate surface area is 98.1 Å². The van der Waals surface area contributed by atoms with E-state index >= 15 is 0 Å². The lowest BCUT2D eigenvalue weighted by Gasteiger charge is -2.32. The third-order valence-corrected chi connectivity index (χ3v) is 3.48. The van der Waals surface area contributed by atoms with Crippen molar-refractivity contribution in [3.8, 4) is 0 Å². The van der Waals surface area contributed by atoms with Crippen LogP contribution in [0.5, 0.6) is 0 Å². The summed E-state index contributed by atoms with van der Waals surface area (Å²) in [6.07, 6.45) is 0. The molecule has 0 aromatic heterocycles. The minimum absolute atomic E-state index is 0.283. The van der Waals surface area contributed by atoms with Gasteiger partial charge in [-0.25, -0.2) is 0 Å². The summed E-state index contributed by atoms with van der Waals surface area (Å²) in [5.41, 5.74) is 1.45. The third kappa shape index (κ3) is 1.90. The minimum Gasteiger partial charge on any atom is -0.399 e. The van der Waals surface area contributed by atoms with Gasteiger partial charge in [-0.05, 0) is 45.6 Å². The zero-order valence-electron chi connectivity index (χ0n) is 10.4. The lowest BCUT2D eigenvalue weighted by atomic mass is 9.78. The summed E-state index contributed by atoms with van der Waals surface area (Å²) in [6.45, 7) is 12.1. The molecule has 1 aliphatic heterocycles. The fourth-order valence-corrected chi connectivity index (χ4v) is 1.72. The molecule has 85 valence electrons. The lowest BCUT2D eigenvalue weighted by Crippen LogP contribution is -2.41. The van der Waals surface area contributed by atoms with Crippen molar-refractivity contribution in [3.63, 3.8) is 0 Å². The zero-order valence-corrected chi connectivity index (χ0v) is 10.4. The van der Waals surface area contributed by atoms with E-state index in [2.05, 4.69) is 34.6 Å². The summed E-state index contributed by atoms with van der Waals surface area (Å²) in [5, 5.41) is 0. The minimum atomic E-state index is -0.285. The van der Waals surface area contributed by atoms with Crippen molar-refractivity contribution in [2.24, 2.45) is 0 Å². The molecular formula is C13H18BO2. The Morgan fingerprint density at radius 3 is 2.12 bits per heavy atom. The number of benzene rings is 1. The highest BCUT2D eigenvalue weighted by molar-refractivity contribution is 6.62. The predicted octanol–water partition coefficient (Wildman–Crippen LogP) is 2.17. The van der Waals surface area contributed by atoms with Crippen LogP contribution in [0.15, 0.2) is 24.3 Å². The maximum atomic E-state index is 5.96. The van der Waals surface area contributed by atoms with Crippen LogP contribution in [-0.4, -0.2) is 18.3 Å². The van der Waals surface area contributed by atoms with Crippen LogP contribution in [0.4, 0.5) is 0 Å². The monoisotopic (exact) mass is 217 g/mol. The summed E-state index contributed by atoms with van der Waals surface area (Å²) in [4.78, 5) is 0. The van der Waals surface area contributed by atoms with E-state index in [1.165, 1.54) is 0 Å². The quantitative estimate of drug-likeness (QED) is 0.671. The molecule has 0 amide bonds. The molecule has 0 atom stereocenters. The predicted molar refractivity (Wildman–Crippen MR) is 66.6 cm³/mol. The van der Waals surface area contributed by atoms with E-state index < -0.39 is 0 Å². The second-order valence-corrected chi connectivity index (χ2v) is 5.33. The van der Waals surface area contributed by atoms with Gasteiger partial charge in [0.05, 0.1) is 11.2 Å². The van der Waals surface area contributed by atoms with Crippen molar-refractivity contribution >= 4 is 12.6 Å². The Hall–Kier alpha value is -0.795. The SMILES string of the molecule is [CH2]c1cccc(B2OC(C)(C)C(C)(C)O2)c1. The van der Waals surface area contributed by atoms with Crippen molar-refractivity contribution in [2.45, 2.75) is 38.9 Å². The highest BCUT2D eigenvalue weighted by atomic mass is 16.7. The Morgan fingerprint density at radius 1 is 1.06 bits per heavy atom. The third-order valence-electron chi connectivity index (χ3n) is 3.48. The fraction of sp³-hybridized carbons (Fsp3) is 0.462. The number of hydrogen-bond donors (Lipinski definition) is 0. The van der Waals surface area contributed by atoms with E-state index in [4.69, 9.17) is 9.31 Å². The lowest BCUT2D eigenvalue weighted by molar-refractivity contribution is 0.00578. The van der Waals surface area contributed by atoms with E-state index in [9.17, 15) is 0 Å². The fourth-order valence-electron chi connectivity index (χ4n) is 1.72. The molecule has 0 unspecified atom stereocenters. The second kappa shape index (κ2) is 3.61. The highest BCUT2D eigenvalue weighted by Gasteiger charge is 2.51. The largest absolute Gasteiger partial charge is 0.494 e. The van der Waals surface area contributed by atoms with E-state index in [1.54, 1.807) is 0 Å². The number of rotatable bonds is 1. The van der Waals surface area contributed by atoms with Gasteiger partial charge in [0.25, 0.3) is 0 Å². The van der Waals surface area contributed by atoms with E-state index in [1.807, 2.05) is 24.3 Å². The van der Waals surface area contributed by atoms with Crippen molar-refractivity contribution in [1.29, 1.82) is 0 Å². The average Bonchev–Trinajstić information content (AvgIpc) is 2.36. The van der Waals surface area contributed by atoms with Gasteiger partial charge < -0.3 is 9.31 Å². The van der Waals surface area contributed by atoms with Gasteiger partial charge in [0.15, 0.2) is 0 Å². The van der Waals surface area contributed by atoms with Crippen LogP contribution in [0.2, 0.25) is 0 Å². The second-order valence-electron chi connectivity index (χ2n) is 5.33. The van der Waals surface area contributed by atoms with Crippen LogP contribution in [-0.2, 0) is 9.31 Å². The first-order valence-corrected chi connectivity index (χ1v) is 5.59. The molecule has 1 aliphatic rings. The van der Waals surface area contributed by atoms with Crippen LogP contribution >= 0.6 is 0 Å². The van der Waals surface area contributed by atoms with E-state index in [-0.39, 0.29) is 18.3 Å². The van der Waals surface area contributed by atoms with E-state index in [0.29, 0.717) is 0 Å². The summed E-state index contributed by atoms with van der Waals surface area (Å²) in [6, 6.07) is 7.95. The molecule has 1 radical (unpaired) electrons. The first-order chi connectivity index (χ1) is 7.32. The molecule has 1 fully saturated rings. The normalized spacial score (nSPS) is 22.4. The molecular weight excluding hydrogens is 199 g/mol. The Balaban J connectivity index is 2.27.